The van der Waals surface area contributed by atoms with Crippen molar-refractivity contribution in [3.8, 4) is 0 Å². The van der Waals surface area contributed by atoms with E-state index in [-0.39, 0.29) is 10.6 Å². The van der Waals surface area contributed by atoms with Gasteiger partial charge in [0.25, 0.3) is 0 Å². The third-order valence-corrected chi connectivity index (χ3v) is 2.78. The molecule has 5 nitrogen and oxygen atoms in total. The van der Waals surface area contributed by atoms with Gasteiger partial charge in [-0.2, -0.15) is 5.10 Å². The molecule has 0 aliphatic heterocycles. The third-order valence-electron chi connectivity index (χ3n) is 2.56. The molecule has 0 atom stereocenters. The van der Waals surface area contributed by atoms with Gasteiger partial charge in [0, 0.05) is 31.3 Å². The number of hydrogen-bond acceptors (Lipinski definition) is 4. The average Bonchev–Trinajstić information content (AvgIpc) is 2.75. The molecule has 7 heteroatoms. The quantitative estimate of drug-likeness (QED) is 0.806. The Hall–Kier alpha value is -2.02. The Balaban J connectivity index is 1.93. The van der Waals surface area contributed by atoms with E-state index in [0.29, 0.717) is 18.7 Å². The molecule has 0 unspecified atom stereocenters. The first kappa shape index (κ1) is 13.4. The summed E-state index contributed by atoms with van der Waals surface area (Å²) >= 11 is 4.75. The van der Waals surface area contributed by atoms with E-state index < -0.39 is 5.82 Å². The van der Waals surface area contributed by atoms with Crippen molar-refractivity contribution in [3.63, 3.8) is 0 Å². The summed E-state index contributed by atoms with van der Waals surface area (Å²) in [5, 5.41) is 7.25. The summed E-state index contributed by atoms with van der Waals surface area (Å²) in [6, 6.07) is 4.68. The molecule has 0 bridgehead atoms. The van der Waals surface area contributed by atoms with Crippen LogP contribution < -0.4 is 11.1 Å². The molecule has 1 heterocycles. The second kappa shape index (κ2) is 5.75. The predicted molar refractivity (Wildman–Crippen MR) is 75.5 cm³/mol. The largest absolute Gasteiger partial charge is 0.389 e. The minimum atomic E-state index is -0.423. The number of halogens is 1. The highest BCUT2D eigenvalue weighted by Gasteiger charge is 2.06. The SMILES string of the molecule is Cn1cnc(CCNc2ccc(C(N)=S)c(F)c2)n1. The molecular formula is C12H14FN5S. The molecule has 2 rings (SSSR count). The number of aromatic nitrogens is 3. The second-order valence-corrected chi connectivity index (χ2v) is 4.51. The fourth-order valence-corrected chi connectivity index (χ4v) is 1.81. The van der Waals surface area contributed by atoms with Gasteiger partial charge in [0.2, 0.25) is 0 Å². The van der Waals surface area contributed by atoms with Gasteiger partial charge in [0.1, 0.15) is 17.1 Å². The number of rotatable bonds is 5. The highest BCUT2D eigenvalue weighted by molar-refractivity contribution is 7.80. The lowest BCUT2D eigenvalue weighted by Crippen LogP contribution is -2.12. The summed E-state index contributed by atoms with van der Waals surface area (Å²) in [5.74, 6) is 0.323. The summed E-state index contributed by atoms with van der Waals surface area (Å²) < 4.78 is 15.3. The van der Waals surface area contributed by atoms with Crippen molar-refractivity contribution in [2.75, 3.05) is 11.9 Å². The first-order valence-corrected chi connectivity index (χ1v) is 6.15. The van der Waals surface area contributed by atoms with Gasteiger partial charge >= 0.3 is 0 Å². The second-order valence-electron chi connectivity index (χ2n) is 4.07. The molecule has 0 amide bonds. The zero-order valence-electron chi connectivity index (χ0n) is 10.4. The monoisotopic (exact) mass is 279 g/mol. The maximum absolute atomic E-state index is 13.6. The van der Waals surface area contributed by atoms with E-state index in [1.807, 2.05) is 7.05 Å². The average molecular weight is 279 g/mol. The van der Waals surface area contributed by atoms with Crippen LogP contribution in [0.25, 0.3) is 0 Å². The topological polar surface area (TPSA) is 68.8 Å². The number of anilines is 1. The number of thiocarbonyl (C=S) groups is 1. The van der Waals surface area contributed by atoms with Crippen LogP contribution in [-0.2, 0) is 13.5 Å². The van der Waals surface area contributed by atoms with Gasteiger partial charge < -0.3 is 11.1 Å². The van der Waals surface area contributed by atoms with Crippen LogP contribution in [-0.4, -0.2) is 26.3 Å². The normalized spacial score (nSPS) is 10.4. The minimum absolute atomic E-state index is 0.0572. The summed E-state index contributed by atoms with van der Waals surface area (Å²) in [5.41, 5.74) is 6.33. The fourth-order valence-electron chi connectivity index (χ4n) is 1.64. The third kappa shape index (κ3) is 3.47. The summed E-state index contributed by atoms with van der Waals surface area (Å²) in [6.45, 7) is 0.621. The number of benzene rings is 1. The fraction of sp³-hybridized carbons (Fsp3) is 0.250. The molecule has 100 valence electrons. The van der Waals surface area contributed by atoms with Gasteiger partial charge in [-0.1, -0.05) is 12.2 Å². The lowest BCUT2D eigenvalue weighted by Gasteiger charge is -2.07. The van der Waals surface area contributed by atoms with Gasteiger partial charge in [-0.05, 0) is 18.2 Å². The van der Waals surface area contributed by atoms with Crippen LogP contribution in [0.1, 0.15) is 11.4 Å². The molecule has 0 fully saturated rings. The van der Waals surface area contributed by atoms with Crippen molar-refractivity contribution in [2.45, 2.75) is 6.42 Å². The molecule has 0 aliphatic carbocycles. The summed E-state index contributed by atoms with van der Waals surface area (Å²) in [7, 11) is 1.81. The van der Waals surface area contributed by atoms with Crippen LogP contribution in [0.15, 0.2) is 24.5 Å². The maximum atomic E-state index is 13.6. The van der Waals surface area contributed by atoms with Gasteiger partial charge in [-0.3, -0.25) is 4.68 Å². The van der Waals surface area contributed by atoms with E-state index in [1.54, 1.807) is 23.1 Å². The van der Waals surface area contributed by atoms with Crippen LogP contribution in [0.4, 0.5) is 10.1 Å². The van der Waals surface area contributed by atoms with Crippen LogP contribution in [0.3, 0.4) is 0 Å². The van der Waals surface area contributed by atoms with Crippen LogP contribution >= 0.6 is 12.2 Å². The van der Waals surface area contributed by atoms with E-state index in [4.69, 9.17) is 18.0 Å². The molecule has 1 aromatic carbocycles. The molecule has 0 saturated heterocycles. The molecular weight excluding hydrogens is 265 g/mol. The van der Waals surface area contributed by atoms with E-state index in [2.05, 4.69) is 15.4 Å². The van der Waals surface area contributed by atoms with Crippen molar-refractivity contribution in [2.24, 2.45) is 12.8 Å². The lowest BCUT2D eigenvalue weighted by atomic mass is 10.2. The molecule has 0 radical (unpaired) electrons. The smallest absolute Gasteiger partial charge is 0.152 e. The molecule has 19 heavy (non-hydrogen) atoms. The van der Waals surface area contributed by atoms with Crippen LogP contribution in [0.2, 0.25) is 0 Å². The Labute approximate surface area is 115 Å². The van der Waals surface area contributed by atoms with Crippen molar-refractivity contribution in [1.29, 1.82) is 0 Å². The van der Waals surface area contributed by atoms with Crippen molar-refractivity contribution < 1.29 is 4.39 Å². The highest BCUT2D eigenvalue weighted by Crippen LogP contribution is 2.14. The summed E-state index contributed by atoms with van der Waals surface area (Å²) in [6.07, 6.45) is 2.31. The molecule has 1 aromatic heterocycles. The first-order chi connectivity index (χ1) is 9.06. The zero-order chi connectivity index (χ0) is 13.8. The van der Waals surface area contributed by atoms with Gasteiger partial charge in [-0.15, -0.1) is 0 Å². The van der Waals surface area contributed by atoms with Crippen LogP contribution in [0, 0.1) is 5.82 Å². The number of hydrogen-bond donors (Lipinski definition) is 2. The van der Waals surface area contributed by atoms with E-state index >= 15 is 0 Å². The zero-order valence-corrected chi connectivity index (χ0v) is 11.2. The predicted octanol–water partition coefficient (Wildman–Crippen LogP) is 1.24. The van der Waals surface area contributed by atoms with Crippen molar-refractivity contribution in [3.05, 3.63) is 41.7 Å². The Kier molecular flexibility index (Phi) is 4.06. The van der Waals surface area contributed by atoms with E-state index in [0.717, 1.165) is 5.82 Å². The van der Waals surface area contributed by atoms with Crippen molar-refractivity contribution in [1.82, 2.24) is 14.8 Å². The Morgan fingerprint density at radius 2 is 2.32 bits per heavy atom. The summed E-state index contributed by atoms with van der Waals surface area (Å²) in [4.78, 5) is 4.16. The van der Waals surface area contributed by atoms with E-state index in [1.165, 1.54) is 6.07 Å². The Morgan fingerprint density at radius 3 is 2.89 bits per heavy atom. The number of nitrogens with zero attached hydrogens (tertiary/aromatic N) is 3. The number of nitrogens with one attached hydrogen (secondary N) is 1. The standard InChI is InChI=1S/C12H14FN5S/c1-18-7-16-11(17-18)4-5-15-8-2-3-9(12(14)19)10(13)6-8/h2-3,6-7,15H,4-5H2,1H3,(H2,14,19). The Bertz CT molecular complexity index is 596. The van der Waals surface area contributed by atoms with Gasteiger partial charge in [-0.25, -0.2) is 9.37 Å². The lowest BCUT2D eigenvalue weighted by molar-refractivity contribution is 0.626. The van der Waals surface area contributed by atoms with Gasteiger partial charge in [0.15, 0.2) is 5.82 Å². The van der Waals surface area contributed by atoms with Crippen LogP contribution in [0.5, 0.6) is 0 Å². The molecule has 2 aromatic rings. The molecule has 3 N–H and O–H groups in total. The maximum Gasteiger partial charge on any atom is 0.152 e. The number of aryl methyl sites for hydroxylation is 1. The van der Waals surface area contributed by atoms with Crippen molar-refractivity contribution >= 4 is 22.9 Å². The molecule has 0 aliphatic rings. The van der Waals surface area contributed by atoms with Gasteiger partial charge in [0.05, 0.1) is 0 Å². The molecule has 0 spiro atoms. The van der Waals surface area contributed by atoms with E-state index in [9.17, 15) is 4.39 Å². The minimum Gasteiger partial charge on any atom is -0.389 e. The molecule has 0 saturated carbocycles. The number of nitrogens with two attached hydrogens (primary N) is 1. The Morgan fingerprint density at radius 1 is 1.53 bits per heavy atom. The first-order valence-electron chi connectivity index (χ1n) is 5.74. The highest BCUT2D eigenvalue weighted by atomic mass is 32.1.